The molecule has 0 aromatic heterocycles. The fraction of sp³-hybridized carbons (Fsp3) is 0.786. The van der Waals surface area contributed by atoms with E-state index in [0.717, 1.165) is 37.5 Å². The van der Waals surface area contributed by atoms with Crippen LogP contribution in [0, 0.1) is 0 Å². The molecule has 284 valence electrons. The smallest absolute Gasteiger partial charge is 0.332 e. The van der Waals surface area contributed by atoms with Crippen LogP contribution in [0.1, 0.15) is 187 Å². The Morgan fingerprint density at radius 2 is 0.857 bits per heavy atom. The Morgan fingerprint density at radius 1 is 0.510 bits per heavy atom. The molecule has 0 heterocycles. The summed E-state index contributed by atoms with van der Waals surface area (Å²) in [7, 11) is 0. The van der Waals surface area contributed by atoms with Gasteiger partial charge in [-0.05, 0) is 6.42 Å². The van der Waals surface area contributed by atoms with Crippen molar-refractivity contribution in [1.29, 1.82) is 0 Å². The molecule has 0 rings (SSSR count). The Balaban J connectivity index is 3.86. The lowest BCUT2D eigenvalue weighted by atomic mass is 10.0. The van der Waals surface area contributed by atoms with E-state index in [2.05, 4.69) is 26.7 Å². The van der Waals surface area contributed by atoms with Gasteiger partial charge >= 0.3 is 17.9 Å². The van der Waals surface area contributed by atoms with E-state index in [1.54, 1.807) is 6.92 Å². The van der Waals surface area contributed by atoms with Crippen molar-refractivity contribution < 1.29 is 33.3 Å². The summed E-state index contributed by atoms with van der Waals surface area (Å²) in [6.07, 6.45) is 37.6. The number of hydrogen-bond donors (Lipinski definition) is 0. The third kappa shape index (κ3) is 31.3. The molecule has 2 unspecified atom stereocenters. The summed E-state index contributed by atoms with van der Waals surface area (Å²) in [4.78, 5) is 35.2. The van der Waals surface area contributed by atoms with Crippen molar-refractivity contribution in [1.82, 2.24) is 0 Å². The van der Waals surface area contributed by atoms with Gasteiger partial charge in [-0.3, -0.25) is 0 Å². The lowest BCUT2D eigenvalue weighted by molar-refractivity contribution is -0.234. The number of esters is 3. The Labute approximate surface area is 301 Å². The van der Waals surface area contributed by atoms with Gasteiger partial charge in [0.15, 0.2) is 6.10 Å². The van der Waals surface area contributed by atoms with Crippen LogP contribution in [0.25, 0.3) is 0 Å². The molecule has 0 aromatic carbocycles. The monoisotopic (exact) mass is 691 g/mol. The topological polar surface area (TPSA) is 88.1 Å². The van der Waals surface area contributed by atoms with Crippen molar-refractivity contribution in [3.8, 4) is 0 Å². The van der Waals surface area contributed by atoms with E-state index in [0.29, 0.717) is 6.42 Å². The van der Waals surface area contributed by atoms with Gasteiger partial charge in [0.25, 0.3) is 0 Å². The zero-order valence-electron chi connectivity index (χ0n) is 31.8. The maximum absolute atomic E-state index is 12.0. The lowest BCUT2D eigenvalue weighted by Crippen LogP contribution is -2.39. The highest BCUT2D eigenvalue weighted by atomic mass is 16.7. The first kappa shape index (κ1) is 46.6. The van der Waals surface area contributed by atoms with Gasteiger partial charge in [0, 0.05) is 31.6 Å². The second kappa shape index (κ2) is 34.1. The van der Waals surface area contributed by atoms with Crippen molar-refractivity contribution in [2.75, 3.05) is 13.2 Å². The van der Waals surface area contributed by atoms with Crippen LogP contribution >= 0.6 is 0 Å². The second-order valence-electron chi connectivity index (χ2n) is 13.8. The van der Waals surface area contributed by atoms with Crippen molar-refractivity contribution >= 4 is 17.9 Å². The van der Waals surface area contributed by atoms with Crippen LogP contribution in [0.5, 0.6) is 0 Å². The van der Waals surface area contributed by atoms with E-state index in [9.17, 15) is 14.4 Å². The first-order valence-electron chi connectivity index (χ1n) is 19.9. The maximum atomic E-state index is 12.0. The van der Waals surface area contributed by atoms with Crippen molar-refractivity contribution in [3.63, 3.8) is 0 Å². The minimum absolute atomic E-state index is 0.135. The minimum atomic E-state index is -1.24. The Morgan fingerprint density at radius 3 is 1.20 bits per heavy atom. The minimum Gasteiger partial charge on any atom is -0.458 e. The van der Waals surface area contributed by atoms with Crippen LogP contribution in [0.4, 0.5) is 0 Å². The van der Waals surface area contributed by atoms with Crippen molar-refractivity contribution in [2.45, 2.75) is 199 Å². The first-order valence-corrected chi connectivity index (χ1v) is 19.9. The third-order valence-electron chi connectivity index (χ3n) is 9.07. The Bertz CT molecular complexity index is 854. The second-order valence-corrected chi connectivity index (χ2v) is 13.8. The first-order chi connectivity index (χ1) is 23.8. The maximum Gasteiger partial charge on any atom is 0.332 e. The lowest BCUT2D eigenvalue weighted by Gasteiger charge is -2.31. The normalized spacial score (nSPS) is 12.9. The van der Waals surface area contributed by atoms with E-state index < -0.39 is 29.8 Å². The highest BCUT2D eigenvalue weighted by Gasteiger charge is 2.31. The number of carbonyl (C=O) groups is 3. The number of unbranched alkanes of at least 4 members (excludes halogenated alkanes) is 25. The number of carbonyl (C=O) groups excluding carboxylic acids is 3. The summed E-state index contributed by atoms with van der Waals surface area (Å²) in [5, 5.41) is 0. The average molecular weight is 691 g/mol. The van der Waals surface area contributed by atoms with E-state index >= 15 is 0 Å². The van der Waals surface area contributed by atoms with Gasteiger partial charge in [0.05, 0.1) is 6.61 Å². The van der Waals surface area contributed by atoms with Crippen LogP contribution in [-0.2, 0) is 33.3 Å². The highest BCUT2D eigenvalue weighted by molar-refractivity contribution is 5.82. The molecule has 0 spiro atoms. The highest BCUT2D eigenvalue weighted by Crippen LogP contribution is 2.24. The summed E-state index contributed by atoms with van der Waals surface area (Å²) < 4.78 is 21.7. The molecule has 0 amide bonds. The molecule has 7 heteroatoms. The Hall–Kier alpha value is -2.41. The summed E-state index contributed by atoms with van der Waals surface area (Å²) in [5.74, 6) is -3.16. The van der Waals surface area contributed by atoms with E-state index in [-0.39, 0.29) is 13.2 Å². The Kier molecular flexibility index (Phi) is 32.4. The summed E-state index contributed by atoms with van der Waals surface area (Å²) in [6, 6.07) is 0. The molecule has 0 saturated heterocycles. The van der Waals surface area contributed by atoms with Crippen LogP contribution < -0.4 is 0 Å². The zero-order valence-corrected chi connectivity index (χ0v) is 31.8. The fourth-order valence-corrected chi connectivity index (χ4v) is 6.00. The van der Waals surface area contributed by atoms with E-state index in [4.69, 9.17) is 18.9 Å². The third-order valence-corrected chi connectivity index (χ3v) is 9.07. The molecule has 0 saturated carbocycles. The van der Waals surface area contributed by atoms with Crippen molar-refractivity contribution in [2.24, 2.45) is 0 Å². The molecule has 7 nitrogen and oxygen atoms in total. The van der Waals surface area contributed by atoms with E-state index in [1.165, 1.54) is 148 Å². The van der Waals surface area contributed by atoms with Gasteiger partial charge in [-0.2, -0.15) is 0 Å². The van der Waals surface area contributed by atoms with Crippen LogP contribution in [0.3, 0.4) is 0 Å². The van der Waals surface area contributed by atoms with Gasteiger partial charge in [-0.1, -0.05) is 187 Å². The zero-order chi connectivity index (χ0) is 36.3. The van der Waals surface area contributed by atoms with Gasteiger partial charge in [-0.15, -0.1) is 0 Å². The molecule has 0 radical (unpaired) electrons. The number of hydrogen-bond acceptors (Lipinski definition) is 7. The predicted octanol–water partition coefficient (Wildman–Crippen LogP) is 11.8. The molecule has 0 aliphatic rings. The molecule has 0 bridgehead atoms. The molecule has 49 heavy (non-hydrogen) atoms. The van der Waals surface area contributed by atoms with Crippen molar-refractivity contribution in [3.05, 3.63) is 38.0 Å². The van der Waals surface area contributed by atoms with Crippen LogP contribution in [0.2, 0.25) is 0 Å². The van der Waals surface area contributed by atoms with Gasteiger partial charge in [0.1, 0.15) is 6.61 Å². The molecular formula is C42H74O7. The van der Waals surface area contributed by atoms with Gasteiger partial charge in [-0.25, -0.2) is 14.4 Å². The quantitative estimate of drug-likeness (QED) is 0.0211. The summed E-state index contributed by atoms with van der Waals surface area (Å²) >= 11 is 0. The average Bonchev–Trinajstić information content (AvgIpc) is 3.10. The molecule has 0 aliphatic carbocycles. The van der Waals surface area contributed by atoms with Gasteiger partial charge < -0.3 is 18.9 Å². The van der Waals surface area contributed by atoms with Gasteiger partial charge in [0.2, 0.25) is 5.79 Å². The molecule has 0 aromatic rings. The van der Waals surface area contributed by atoms with Crippen LogP contribution in [-0.4, -0.2) is 43.0 Å². The largest absolute Gasteiger partial charge is 0.458 e. The standard InChI is InChI=1S/C42H74O7/c1-6-10-11-12-13-14-15-16-17-18-19-20-21-22-23-24-25-26-27-28-29-30-31-32-33-34-35-42(5,49-41(45)9-4)47-37-38(48-40(44)8-3)36-46-39(43)7-2/h7-9,38H,2-4,6,10-37H2,1,5H3. The van der Waals surface area contributed by atoms with E-state index in [1.807, 2.05) is 0 Å². The number of ether oxygens (including phenoxy) is 4. The molecule has 0 aliphatic heterocycles. The molecular weight excluding hydrogens is 616 g/mol. The predicted molar refractivity (Wildman–Crippen MR) is 202 cm³/mol. The fourth-order valence-electron chi connectivity index (χ4n) is 6.00. The summed E-state index contributed by atoms with van der Waals surface area (Å²) in [6.45, 7) is 13.8. The van der Waals surface area contributed by atoms with Crippen LogP contribution in [0.15, 0.2) is 38.0 Å². The SMILES string of the molecule is C=CC(=O)OCC(COC(C)(CCCCCCCCCCCCCCCCCCCCCCCCCCCC)OC(=O)C=C)OC(=O)C=C. The molecule has 0 fully saturated rings. The molecule has 2 atom stereocenters. The summed E-state index contributed by atoms with van der Waals surface area (Å²) in [5.41, 5.74) is 0. The molecule has 0 N–H and O–H groups in total. The number of rotatable bonds is 37.